The molecule has 0 saturated heterocycles. The first-order valence-corrected chi connectivity index (χ1v) is 6.16. The van der Waals surface area contributed by atoms with E-state index in [2.05, 4.69) is 15.9 Å². The fourth-order valence-electron chi connectivity index (χ4n) is 1.82. The summed E-state index contributed by atoms with van der Waals surface area (Å²) in [7, 11) is 0. The minimum atomic E-state index is -0.929. The second-order valence-corrected chi connectivity index (χ2v) is 5.05. The fourth-order valence-corrected chi connectivity index (χ4v) is 2.33. The molecule has 0 heterocycles. The molecule has 0 aliphatic carbocycles. The Labute approximate surface area is 104 Å². The smallest absolute Gasteiger partial charge is 0.124 e. The molecule has 0 bridgehead atoms. The Morgan fingerprint density at radius 1 is 1.44 bits per heavy atom. The zero-order chi connectivity index (χ0) is 12.2. The summed E-state index contributed by atoms with van der Waals surface area (Å²) < 4.78 is 13.8. The standard InChI is InChI=1S/C12H17BrFNO/c1-2-3-12(16,8-15)7-9-4-10(13)6-11(14)5-9/h4-6,16H,2-3,7-8,15H2,1H3. The number of benzene rings is 1. The highest BCUT2D eigenvalue weighted by molar-refractivity contribution is 9.10. The van der Waals surface area contributed by atoms with Crippen LogP contribution in [-0.2, 0) is 6.42 Å². The van der Waals surface area contributed by atoms with Gasteiger partial charge < -0.3 is 10.8 Å². The van der Waals surface area contributed by atoms with Gasteiger partial charge in [0.2, 0.25) is 0 Å². The van der Waals surface area contributed by atoms with E-state index in [9.17, 15) is 9.50 Å². The van der Waals surface area contributed by atoms with E-state index in [4.69, 9.17) is 5.73 Å². The lowest BCUT2D eigenvalue weighted by Crippen LogP contribution is -2.39. The van der Waals surface area contributed by atoms with E-state index in [1.54, 1.807) is 6.07 Å². The molecule has 1 unspecified atom stereocenters. The van der Waals surface area contributed by atoms with Crippen molar-refractivity contribution >= 4 is 15.9 Å². The summed E-state index contributed by atoms with van der Waals surface area (Å²) in [5.41, 5.74) is 5.39. The van der Waals surface area contributed by atoms with Crippen LogP contribution in [0.2, 0.25) is 0 Å². The summed E-state index contributed by atoms with van der Waals surface area (Å²) in [6, 6.07) is 4.63. The molecule has 1 atom stereocenters. The van der Waals surface area contributed by atoms with Gasteiger partial charge in [-0.15, -0.1) is 0 Å². The van der Waals surface area contributed by atoms with E-state index in [-0.39, 0.29) is 12.4 Å². The van der Waals surface area contributed by atoms with Gasteiger partial charge in [-0.1, -0.05) is 29.3 Å². The van der Waals surface area contributed by atoms with Crippen LogP contribution < -0.4 is 5.73 Å². The lowest BCUT2D eigenvalue weighted by Gasteiger charge is -2.26. The van der Waals surface area contributed by atoms with Gasteiger partial charge in [-0.3, -0.25) is 0 Å². The average molecular weight is 290 g/mol. The van der Waals surface area contributed by atoms with Crippen LogP contribution in [-0.4, -0.2) is 17.3 Å². The molecule has 0 spiro atoms. The van der Waals surface area contributed by atoms with Crippen molar-refractivity contribution in [1.82, 2.24) is 0 Å². The van der Waals surface area contributed by atoms with Crippen LogP contribution in [0.1, 0.15) is 25.3 Å². The molecule has 0 aromatic heterocycles. The Kier molecular flexibility index (Phi) is 4.89. The van der Waals surface area contributed by atoms with Crippen LogP contribution in [0.5, 0.6) is 0 Å². The summed E-state index contributed by atoms with van der Waals surface area (Å²) >= 11 is 3.23. The first kappa shape index (κ1) is 13.6. The summed E-state index contributed by atoms with van der Waals surface area (Å²) in [5.74, 6) is -0.305. The van der Waals surface area contributed by atoms with Crippen molar-refractivity contribution in [1.29, 1.82) is 0 Å². The molecule has 0 radical (unpaired) electrons. The summed E-state index contributed by atoms with van der Waals surface area (Å²) in [6.07, 6.45) is 1.86. The lowest BCUT2D eigenvalue weighted by atomic mass is 9.90. The molecule has 1 rings (SSSR count). The molecule has 0 amide bonds. The molecule has 16 heavy (non-hydrogen) atoms. The topological polar surface area (TPSA) is 46.2 Å². The third-order valence-corrected chi connectivity index (χ3v) is 3.01. The van der Waals surface area contributed by atoms with Crippen LogP contribution in [0, 0.1) is 5.82 Å². The van der Waals surface area contributed by atoms with Crippen LogP contribution in [0.25, 0.3) is 0 Å². The van der Waals surface area contributed by atoms with Crippen molar-refractivity contribution in [3.05, 3.63) is 34.1 Å². The Hall–Kier alpha value is -0.450. The van der Waals surface area contributed by atoms with Crippen molar-refractivity contribution in [2.45, 2.75) is 31.8 Å². The SMILES string of the molecule is CCCC(O)(CN)Cc1cc(F)cc(Br)c1. The Bertz CT molecular complexity index is 339. The zero-order valence-corrected chi connectivity index (χ0v) is 10.9. The van der Waals surface area contributed by atoms with Crippen LogP contribution in [0.4, 0.5) is 4.39 Å². The van der Waals surface area contributed by atoms with Gasteiger partial charge in [0.1, 0.15) is 5.82 Å². The largest absolute Gasteiger partial charge is 0.388 e. The van der Waals surface area contributed by atoms with E-state index in [1.807, 2.05) is 6.92 Å². The Morgan fingerprint density at radius 3 is 2.62 bits per heavy atom. The molecule has 0 aliphatic heterocycles. The number of rotatable bonds is 5. The summed E-state index contributed by atoms with van der Waals surface area (Å²) in [6.45, 7) is 2.18. The van der Waals surface area contributed by atoms with Gasteiger partial charge in [0.25, 0.3) is 0 Å². The van der Waals surface area contributed by atoms with Crippen LogP contribution >= 0.6 is 15.9 Å². The average Bonchev–Trinajstić information content (AvgIpc) is 2.16. The number of hydrogen-bond donors (Lipinski definition) is 2. The maximum atomic E-state index is 13.2. The highest BCUT2D eigenvalue weighted by Gasteiger charge is 2.24. The lowest BCUT2D eigenvalue weighted by molar-refractivity contribution is 0.0398. The zero-order valence-electron chi connectivity index (χ0n) is 9.34. The van der Waals surface area contributed by atoms with Crippen LogP contribution in [0.15, 0.2) is 22.7 Å². The number of hydrogen-bond acceptors (Lipinski definition) is 2. The maximum absolute atomic E-state index is 13.2. The molecular formula is C12H17BrFNO. The second-order valence-electron chi connectivity index (χ2n) is 4.13. The van der Waals surface area contributed by atoms with Gasteiger partial charge in [0.05, 0.1) is 5.60 Å². The maximum Gasteiger partial charge on any atom is 0.124 e. The molecule has 0 fully saturated rings. The third-order valence-electron chi connectivity index (χ3n) is 2.55. The van der Waals surface area contributed by atoms with Gasteiger partial charge in [0.15, 0.2) is 0 Å². The van der Waals surface area contributed by atoms with E-state index >= 15 is 0 Å². The van der Waals surface area contributed by atoms with Crippen molar-refractivity contribution in [2.75, 3.05) is 6.54 Å². The third kappa shape index (κ3) is 3.85. The van der Waals surface area contributed by atoms with Crippen molar-refractivity contribution < 1.29 is 9.50 Å². The van der Waals surface area contributed by atoms with Crippen LogP contribution in [0.3, 0.4) is 0 Å². The van der Waals surface area contributed by atoms with Gasteiger partial charge in [-0.2, -0.15) is 0 Å². The summed E-state index contributed by atoms with van der Waals surface area (Å²) in [5, 5.41) is 10.2. The molecule has 1 aromatic rings. The molecule has 0 saturated carbocycles. The summed E-state index contributed by atoms with van der Waals surface area (Å²) in [4.78, 5) is 0. The van der Waals surface area contributed by atoms with E-state index < -0.39 is 5.60 Å². The minimum absolute atomic E-state index is 0.189. The quantitative estimate of drug-likeness (QED) is 0.875. The van der Waals surface area contributed by atoms with Gasteiger partial charge in [0, 0.05) is 17.4 Å². The monoisotopic (exact) mass is 289 g/mol. The molecule has 90 valence electrons. The highest BCUT2D eigenvalue weighted by atomic mass is 79.9. The van der Waals surface area contributed by atoms with Gasteiger partial charge in [-0.05, 0) is 30.2 Å². The van der Waals surface area contributed by atoms with Gasteiger partial charge >= 0.3 is 0 Å². The molecule has 3 N–H and O–H groups in total. The molecule has 2 nitrogen and oxygen atoms in total. The normalized spacial score (nSPS) is 14.8. The van der Waals surface area contributed by atoms with E-state index in [1.165, 1.54) is 12.1 Å². The predicted octanol–water partition coefficient (Wildman–Crippen LogP) is 2.62. The van der Waals surface area contributed by atoms with Crippen molar-refractivity contribution in [3.8, 4) is 0 Å². The fraction of sp³-hybridized carbons (Fsp3) is 0.500. The Morgan fingerprint density at radius 2 is 2.12 bits per heavy atom. The van der Waals surface area contributed by atoms with E-state index in [0.717, 1.165) is 12.0 Å². The first-order chi connectivity index (χ1) is 7.49. The molecule has 1 aromatic carbocycles. The molecule has 4 heteroatoms. The van der Waals surface area contributed by atoms with Gasteiger partial charge in [-0.25, -0.2) is 4.39 Å². The van der Waals surface area contributed by atoms with E-state index in [0.29, 0.717) is 17.3 Å². The van der Waals surface area contributed by atoms with Crippen molar-refractivity contribution in [3.63, 3.8) is 0 Å². The molecular weight excluding hydrogens is 273 g/mol. The minimum Gasteiger partial charge on any atom is -0.388 e. The first-order valence-electron chi connectivity index (χ1n) is 5.36. The Balaban J connectivity index is 2.85. The number of nitrogens with two attached hydrogens (primary N) is 1. The second kappa shape index (κ2) is 5.75. The number of aliphatic hydroxyl groups is 1. The van der Waals surface area contributed by atoms with Crippen molar-refractivity contribution in [2.24, 2.45) is 5.73 Å². The predicted molar refractivity (Wildman–Crippen MR) is 66.7 cm³/mol. The molecule has 0 aliphatic rings. The number of halogens is 2. The highest BCUT2D eigenvalue weighted by Crippen LogP contribution is 2.22.